The van der Waals surface area contributed by atoms with Crippen LogP contribution in [0.2, 0.25) is 0 Å². The monoisotopic (exact) mass is 452 g/mol. The Labute approximate surface area is 184 Å². The van der Waals surface area contributed by atoms with E-state index in [1.54, 1.807) is 37.3 Å². The maximum absolute atomic E-state index is 12.7. The van der Waals surface area contributed by atoms with Crippen molar-refractivity contribution in [3.8, 4) is 11.5 Å². The summed E-state index contributed by atoms with van der Waals surface area (Å²) in [7, 11) is 3.11. The minimum absolute atomic E-state index is 0.140. The first-order valence-electron chi connectivity index (χ1n) is 9.31. The van der Waals surface area contributed by atoms with Crippen LogP contribution in [0.25, 0.3) is 6.08 Å². The molecule has 1 aromatic carbocycles. The highest BCUT2D eigenvalue weighted by atomic mass is 32.2. The van der Waals surface area contributed by atoms with E-state index in [1.165, 1.54) is 11.8 Å². The number of aliphatic carboxylic acids is 1. The minimum Gasteiger partial charge on any atom is -0.493 e. The number of carboxylic acids is 1. The van der Waals surface area contributed by atoms with Crippen molar-refractivity contribution in [3.05, 3.63) is 28.7 Å². The highest BCUT2D eigenvalue weighted by molar-refractivity contribution is 8.26. The molecule has 0 radical (unpaired) electrons. The number of hydrogen-bond donors (Lipinski definition) is 2. The molecule has 162 valence electrons. The number of carbonyl (C=O) groups is 3. The average Bonchev–Trinajstić information content (AvgIpc) is 2.98. The van der Waals surface area contributed by atoms with Crippen LogP contribution < -0.4 is 14.8 Å². The summed E-state index contributed by atoms with van der Waals surface area (Å²) >= 11 is 6.60. The molecule has 1 aliphatic rings. The van der Waals surface area contributed by atoms with Crippen LogP contribution in [-0.2, 0) is 14.4 Å². The van der Waals surface area contributed by atoms with Crippen molar-refractivity contribution < 1.29 is 29.0 Å². The highest BCUT2D eigenvalue weighted by Gasteiger charge is 2.31. The number of carbonyl (C=O) groups excluding carboxylic acids is 2. The number of nitrogens with zero attached hydrogens (tertiary/aromatic N) is 1. The van der Waals surface area contributed by atoms with Gasteiger partial charge in [-0.1, -0.05) is 36.5 Å². The van der Waals surface area contributed by atoms with Crippen molar-refractivity contribution in [1.82, 2.24) is 10.2 Å². The number of benzene rings is 1. The molecule has 0 atom stereocenters. The van der Waals surface area contributed by atoms with E-state index in [-0.39, 0.29) is 24.8 Å². The zero-order valence-electron chi connectivity index (χ0n) is 16.8. The summed E-state index contributed by atoms with van der Waals surface area (Å²) in [6.45, 7) is 0.104. The van der Waals surface area contributed by atoms with E-state index in [9.17, 15) is 14.4 Å². The Morgan fingerprint density at radius 3 is 2.60 bits per heavy atom. The molecule has 0 bridgehead atoms. The van der Waals surface area contributed by atoms with Crippen molar-refractivity contribution in [2.24, 2.45) is 0 Å². The summed E-state index contributed by atoms with van der Waals surface area (Å²) in [5.74, 6) is -0.313. The second kappa shape index (κ2) is 11.6. The fourth-order valence-electron chi connectivity index (χ4n) is 2.78. The molecule has 1 heterocycles. The largest absolute Gasteiger partial charge is 0.493 e. The van der Waals surface area contributed by atoms with Crippen molar-refractivity contribution >= 4 is 52.2 Å². The van der Waals surface area contributed by atoms with Gasteiger partial charge in [0.1, 0.15) is 10.9 Å². The fraction of sp³-hybridized carbons (Fsp3) is 0.400. The topological polar surface area (TPSA) is 105 Å². The van der Waals surface area contributed by atoms with E-state index in [1.807, 2.05) is 6.07 Å². The van der Waals surface area contributed by atoms with Crippen LogP contribution in [0.5, 0.6) is 11.5 Å². The number of carboxylic acid groups (broad SMARTS) is 1. The van der Waals surface area contributed by atoms with Crippen LogP contribution in [0, 0.1) is 0 Å². The number of hydrogen-bond acceptors (Lipinski definition) is 7. The Kier molecular flexibility index (Phi) is 9.13. The highest BCUT2D eigenvalue weighted by Crippen LogP contribution is 2.34. The number of amides is 2. The van der Waals surface area contributed by atoms with Gasteiger partial charge in [-0.25, -0.2) is 0 Å². The lowest BCUT2D eigenvalue weighted by Crippen LogP contribution is -2.29. The van der Waals surface area contributed by atoms with Gasteiger partial charge in [0.2, 0.25) is 5.91 Å². The quantitative estimate of drug-likeness (QED) is 0.300. The van der Waals surface area contributed by atoms with Crippen molar-refractivity contribution in [2.75, 3.05) is 27.3 Å². The van der Waals surface area contributed by atoms with E-state index in [0.29, 0.717) is 40.1 Å². The second-order valence-electron chi connectivity index (χ2n) is 6.43. The zero-order chi connectivity index (χ0) is 22.1. The van der Waals surface area contributed by atoms with E-state index in [0.717, 1.165) is 12.0 Å². The lowest BCUT2D eigenvalue weighted by Gasteiger charge is -2.14. The predicted molar refractivity (Wildman–Crippen MR) is 119 cm³/mol. The molecule has 0 saturated carbocycles. The Morgan fingerprint density at radius 2 is 1.93 bits per heavy atom. The van der Waals surface area contributed by atoms with Crippen LogP contribution >= 0.6 is 24.0 Å². The van der Waals surface area contributed by atoms with Gasteiger partial charge in [0, 0.05) is 13.0 Å². The number of nitrogens with one attached hydrogen (secondary N) is 1. The zero-order valence-corrected chi connectivity index (χ0v) is 18.4. The van der Waals surface area contributed by atoms with Crippen LogP contribution in [0.3, 0.4) is 0 Å². The van der Waals surface area contributed by atoms with Gasteiger partial charge in [0.25, 0.3) is 5.91 Å². The molecule has 8 nitrogen and oxygen atoms in total. The van der Waals surface area contributed by atoms with Gasteiger partial charge in [-0.2, -0.15) is 0 Å². The van der Waals surface area contributed by atoms with E-state index in [2.05, 4.69) is 5.32 Å². The second-order valence-corrected chi connectivity index (χ2v) is 8.10. The Morgan fingerprint density at radius 1 is 1.20 bits per heavy atom. The SMILES string of the molecule is COc1ccc(/C=C2\SC(=S)N(CCCCCC(=O)NCC(=O)O)C2=O)cc1OC. The fourth-order valence-corrected chi connectivity index (χ4v) is 4.09. The molecule has 0 aromatic heterocycles. The van der Waals surface area contributed by atoms with Gasteiger partial charge in [-0.15, -0.1) is 0 Å². The maximum Gasteiger partial charge on any atom is 0.322 e. The van der Waals surface area contributed by atoms with Gasteiger partial charge in [0.05, 0.1) is 19.1 Å². The summed E-state index contributed by atoms with van der Waals surface area (Å²) in [6.07, 6.45) is 4.06. The molecular formula is C20H24N2O6S2. The van der Waals surface area contributed by atoms with Crippen molar-refractivity contribution in [3.63, 3.8) is 0 Å². The molecule has 1 saturated heterocycles. The predicted octanol–water partition coefficient (Wildman–Crippen LogP) is 2.67. The Hall–Kier alpha value is -2.59. The lowest BCUT2D eigenvalue weighted by molar-refractivity contribution is -0.137. The molecule has 30 heavy (non-hydrogen) atoms. The lowest BCUT2D eigenvalue weighted by atomic mass is 10.1. The van der Waals surface area contributed by atoms with Crippen molar-refractivity contribution in [2.45, 2.75) is 25.7 Å². The van der Waals surface area contributed by atoms with Crippen molar-refractivity contribution in [1.29, 1.82) is 0 Å². The molecule has 1 aliphatic heterocycles. The number of unbranched alkanes of at least 4 members (excludes halogenated alkanes) is 2. The third-order valence-electron chi connectivity index (χ3n) is 4.30. The third kappa shape index (κ3) is 6.74. The number of thiocarbonyl (C=S) groups is 1. The molecule has 10 heteroatoms. The Bertz CT molecular complexity index is 856. The first-order valence-corrected chi connectivity index (χ1v) is 10.5. The van der Waals surface area contributed by atoms with Crippen LogP contribution in [-0.4, -0.2) is 59.4 Å². The van der Waals surface area contributed by atoms with Gasteiger partial charge in [-0.05, 0) is 36.6 Å². The number of ether oxygens (including phenoxy) is 2. The van der Waals surface area contributed by atoms with E-state index < -0.39 is 5.97 Å². The summed E-state index contributed by atoms with van der Waals surface area (Å²) in [5.41, 5.74) is 0.806. The molecule has 0 aliphatic carbocycles. The molecule has 2 rings (SSSR count). The molecule has 0 spiro atoms. The number of thioether (sulfide) groups is 1. The smallest absolute Gasteiger partial charge is 0.322 e. The molecule has 0 unspecified atom stereocenters. The summed E-state index contributed by atoms with van der Waals surface area (Å²) in [6, 6.07) is 5.40. The van der Waals surface area contributed by atoms with Gasteiger partial charge in [0.15, 0.2) is 11.5 Å². The normalized spacial score (nSPS) is 14.9. The summed E-state index contributed by atoms with van der Waals surface area (Å²) in [4.78, 5) is 36.7. The molecule has 2 amide bonds. The van der Waals surface area contributed by atoms with E-state index >= 15 is 0 Å². The molecular weight excluding hydrogens is 428 g/mol. The summed E-state index contributed by atoms with van der Waals surface area (Å²) in [5, 5.41) is 10.8. The number of methoxy groups -OCH3 is 2. The Balaban J connectivity index is 1.85. The minimum atomic E-state index is -1.07. The van der Waals surface area contributed by atoms with Crippen LogP contribution in [0.15, 0.2) is 23.1 Å². The van der Waals surface area contributed by atoms with Crippen LogP contribution in [0.4, 0.5) is 0 Å². The first-order chi connectivity index (χ1) is 14.3. The summed E-state index contributed by atoms with van der Waals surface area (Å²) < 4.78 is 11.0. The van der Waals surface area contributed by atoms with Crippen LogP contribution in [0.1, 0.15) is 31.2 Å². The van der Waals surface area contributed by atoms with Gasteiger partial charge < -0.3 is 19.9 Å². The average molecular weight is 453 g/mol. The molecule has 1 fully saturated rings. The standard InChI is InChI=1S/C20H24N2O6S2/c1-27-14-8-7-13(10-15(14)28-2)11-16-19(26)22(20(29)30-16)9-5-3-4-6-17(23)21-12-18(24)25/h7-8,10-11H,3-6,9,12H2,1-2H3,(H,21,23)(H,24,25)/b16-11-. The maximum atomic E-state index is 12.7. The van der Waals surface area contributed by atoms with E-state index in [4.69, 9.17) is 26.8 Å². The first kappa shape index (κ1) is 23.7. The van der Waals surface area contributed by atoms with Gasteiger partial charge in [-0.3, -0.25) is 19.3 Å². The molecule has 2 N–H and O–H groups in total. The molecule has 1 aromatic rings. The number of rotatable bonds is 11. The third-order valence-corrected chi connectivity index (χ3v) is 5.68. The van der Waals surface area contributed by atoms with Gasteiger partial charge >= 0.3 is 5.97 Å².